The highest BCUT2D eigenvalue weighted by atomic mass is 35.5. The van der Waals surface area contributed by atoms with Gasteiger partial charge in [-0.2, -0.15) is 8.42 Å². The van der Waals surface area contributed by atoms with Gasteiger partial charge in [0.2, 0.25) is 0 Å². The first kappa shape index (κ1) is 17.4. The van der Waals surface area contributed by atoms with Crippen molar-refractivity contribution < 1.29 is 22.1 Å². The number of benzene rings is 2. The molecule has 130 valence electrons. The number of imidazole rings is 1. The quantitative estimate of drug-likeness (QED) is 0.697. The Hall–Kier alpha value is -2.42. The van der Waals surface area contributed by atoms with Gasteiger partial charge in [0.1, 0.15) is 6.33 Å². The normalized spacial score (nSPS) is 11.5. The minimum atomic E-state index is -4.28. The molecule has 0 atom stereocenters. The SMILES string of the molecule is COc1cc(-c2c(Cl)ncn2-c2ccc(S(=O)(=O)O)cc2)ccc1F. The lowest BCUT2D eigenvalue weighted by Crippen LogP contribution is -2.00. The van der Waals surface area contributed by atoms with Gasteiger partial charge >= 0.3 is 0 Å². The molecular formula is C16H12ClFN2O4S. The second kappa shape index (κ2) is 6.47. The summed E-state index contributed by atoms with van der Waals surface area (Å²) in [6.07, 6.45) is 1.45. The van der Waals surface area contributed by atoms with Crippen LogP contribution >= 0.6 is 11.6 Å². The minimum Gasteiger partial charge on any atom is -0.494 e. The maximum atomic E-state index is 13.6. The lowest BCUT2D eigenvalue weighted by Gasteiger charge is -2.11. The van der Waals surface area contributed by atoms with Crippen LogP contribution in [0.4, 0.5) is 4.39 Å². The molecule has 6 nitrogen and oxygen atoms in total. The maximum absolute atomic E-state index is 13.6. The Morgan fingerprint density at radius 2 is 1.88 bits per heavy atom. The van der Waals surface area contributed by atoms with E-state index in [2.05, 4.69) is 4.98 Å². The molecule has 25 heavy (non-hydrogen) atoms. The van der Waals surface area contributed by atoms with E-state index in [4.69, 9.17) is 20.9 Å². The average molecular weight is 383 g/mol. The van der Waals surface area contributed by atoms with E-state index in [1.165, 1.54) is 55.9 Å². The van der Waals surface area contributed by atoms with Gasteiger partial charge in [-0.1, -0.05) is 11.6 Å². The smallest absolute Gasteiger partial charge is 0.294 e. The molecule has 2 aromatic carbocycles. The van der Waals surface area contributed by atoms with E-state index in [0.717, 1.165) is 0 Å². The van der Waals surface area contributed by atoms with Crippen LogP contribution < -0.4 is 4.74 Å². The Kier molecular flexibility index (Phi) is 4.51. The Labute approximate surface area is 148 Å². The molecule has 0 bridgehead atoms. The number of hydrogen-bond donors (Lipinski definition) is 1. The Balaban J connectivity index is 2.11. The van der Waals surface area contributed by atoms with Crippen LogP contribution in [0.1, 0.15) is 0 Å². The molecule has 0 amide bonds. The van der Waals surface area contributed by atoms with Gasteiger partial charge in [-0.05, 0) is 42.5 Å². The topological polar surface area (TPSA) is 81.4 Å². The molecule has 0 fully saturated rings. The summed E-state index contributed by atoms with van der Waals surface area (Å²) < 4.78 is 51.6. The van der Waals surface area contributed by atoms with Gasteiger partial charge in [0, 0.05) is 11.3 Å². The largest absolute Gasteiger partial charge is 0.494 e. The van der Waals surface area contributed by atoms with E-state index < -0.39 is 15.9 Å². The second-order valence-corrected chi connectivity index (χ2v) is 6.85. The van der Waals surface area contributed by atoms with Crippen LogP contribution in [0, 0.1) is 5.82 Å². The molecule has 0 aliphatic rings. The Morgan fingerprint density at radius 1 is 1.20 bits per heavy atom. The third-order valence-electron chi connectivity index (χ3n) is 3.56. The molecule has 3 rings (SSSR count). The zero-order valence-corrected chi connectivity index (χ0v) is 14.4. The molecule has 0 saturated carbocycles. The highest BCUT2D eigenvalue weighted by molar-refractivity contribution is 7.85. The molecule has 0 spiro atoms. The van der Waals surface area contributed by atoms with Crippen molar-refractivity contribution in [2.75, 3.05) is 7.11 Å². The van der Waals surface area contributed by atoms with Crippen molar-refractivity contribution in [3.63, 3.8) is 0 Å². The van der Waals surface area contributed by atoms with E-state index in [9.17, 15) is 12.8 Å². The van der Waals surface area contributed by atoms with Gasteiger partial charge in [0.15, 0.2) is 16.7 Å². The number of methoxy groups -OCH3 is 1. The van der Waals surface area contributed by atoms with E-state index in [-0.39, 0.29) is 15.8 Å². The number of rotatable bonds is 4. The van der Waals surface area contributed by atoms with Crippen molar-refractivity contribution in [3.8, 4) is 22.7 Å². The number of halogens is 2. The lowest BCUT2D eigenvalue weighted by molar-refractivity contribution is 0.387. The van der Waals surface area contributed by atoms with E-state index >= 15 is 0 Å². The van der Waals surface area contributed by atoms with Crippen molar-refractivity contribution in [1.82, 2.24) is 9.55 Å². The molecule has 9 heteroatoms. The molecule has 3 aromatic rings. The lowest BCUT2D eigenvalue weighted by atomic mass is 10.1. The van der Waals surface area contributed by atoms with Crippen molar-refractivity contribution in [3.05, 3.63) is 59.8 Å². The van der Waals surface area contributed by atoms with Crippen molar-refractivity contribution in [2.45, 2.75) is 4.90 Å². The van der Waals surface area contributed by atoms with Gasteiger partial charge in [0.05, 0.1) is 17.7 Å². The number of aromatic nitrogens is 2. The summed E-state index contributed by atoms with van der Waals surface area (Å²) in [5, 5.41) is 0.188. The Bertz CT molecular complexity index is 1030. The van der Waals surface area contributed by atoms with Crippen LogP contribution in [-0.4, -0.2) is 29.6 Å². The summed E-state index contributed by atoms with van der Waals surface area (Å²) in [6, 6.07) is 9.77. The van der Waals surface area contributed by atoms with Gasteiger partial charge in [0.25, 0.3) is 10.1 Å². The summed E-state index contributed by atoms with van der Waals surface area (Å²) in [4.78, 5) is 3.82. The van der Waals surface area contributed by atoms with Gasteiger partial charge in [-0.15, -0.1) is 0 Å². The van der Waals surface area contributed by atoms with Gasteiger partial charge in [-0.25, -0.2) is 9.37 Å². The Morgan fingerprint density at radius 3 is 2.48 bits per heavy atom. The molecule has 1 heterocycles. The first-order valence-electron chi connectivity index (χ1n) is 6.96. The predicted molar refractivity (Wildman–Crippen MR) is 90.3 cm³/mol. The molecule has 1 N–H and O–H groups in total. The van der Waals surface area contributed by atoms with E-state index in [1.54, 1.807) is 4.57 Å². The molecule has 0 radical (unpaired) electrons. The summed E-state index contributed by atoms with van der Waals surface area (Å²) >= 11 is 6.17. The van der Waals surface area contributed by atoms with Crippen molar-refractivity contribution in [1.29, 1.82) is 0 Å². The second-order valence-electron chi connectivity index (χ2n) is 5.07. The fraction of sp³-hybridized carbons (Fsp3) is 0.0625. The zero-order valence-electron chi connectivity index (χ0n) is 12.8. The third-order valence-corrected chi connectivity index (χ3v) is 4.70. The summed E-state index contributed by atoms with van der Waals surface area (Å²) in [5.74, 6) is -0.450. The van der Waals surface area contributed by atoms with Crippen LogP contribution in [0.15, 0.2) is 53.7 Å². The van der Waals surface area contributed by atoms with Crippen molar-refractivity contribution >= 4 is 21.7 Å². The zero-order chi connectivity index (χ0) is 18.2. The van der Waals surface area contributed by atoms with E-state index in [1.807, 2.05) is 0 Å². The molecule has 0 aliphatic heterocycles. The minimum absolute atomic E-state index is 0.0584. The molecule has 0 unspecified atom stereocenters. The van der Waals surface area contributed by atoms with Crippen LogP contribution in [0.5, 0.6) is 5.75 Å². The molecule has 0 aliphatic carbocycles. The fourth-order valence-corrected chi connectivity index (χ4v) is 3.09. The monoisotopic (exact) mass is 382 g/mol. The molecular weight excluding hydrogens is 371 g/mol. The maximum Gasteiger partial charge on any atom is 0.294 e. The number of nitrogens with zero attached hydrogens (tertiary/aromatic N) is 2. The predicted octanol–water partition coefficient (Wildman–Crippen LogP) is 3.59. The first-order chi connectivity index (χ1) is 11.8. The third kappa shape index (κ3) is 3.37. The van der Waals surface area contributed by atoms with Gasteiger partial charge in [-0.3, -0.25) is 9.12 Å². The van der Waals surface area contributed by atoms with Crippen LogP contribution in [0.2, 0.25) is 5.15 Å². The van der Waals surface area contributed by atoms with Gasteiger partial charge < -0.3 is 4.74 Å². The van der Waals surface area contributed by atoms with Crippen LogP contribution in [-0.2, 0) is 10.1 Å². The fourth-order valence-electron chi connectivity index (χ4n) is 2.37. The van der Waals surface area contributed by atoms with Crippen LogP contribution in [0.25, 0.3) is 16.9 Å². The first-order valence-corrected chi connectivity index (χ1v) is 8.78. The molecule has 0 saturated heterocycles. The number of hydrogen-bond acceptors (Lipinski definition) is 4. The summed E-state index contributed by atoms with van der Waals surface area (Å²) in [6.45, 7) is 0. The summed E-state index contributed by atoms with van der Waals surface area (Å²) in [7, 11) is -2.93. The average Bonchev–Trinajstić information content (AvgIpc) is 2.96. The highest BCUT2D eigenvalue weighted by Crippen LogP contribution is 2.33. The standard InChI is InChI=1S/C16H12ClFN2O4S/c1-24-14-8-10(2-7-13(14)18)15-16(17)19-9-20(15)11-3-5-12(6-4-11)25(21,22)23/h2-9H,1H3,(H,21,22,23). The van der Waals surface area contributed by atoms with Crippen molar-refractivity contribution in [2.24, 2.45) is 0 Å². The van der Waals surface area contributed by atoms with E-state index in [0.29, 0.717) is 16.9 Å². The summed E-state index contributed by atoms with van der Waals surface area (Å²) in [5.41, 5.74) is 1.62. The highest BCUT2D eigenvalue weighted by Gasteiger charge is 2.16. The molecule has 1 aromatic heterocycles. The van der Waals surface area contributed by atoms with Crippen LogP contribution in [0.3, 0.4) is 0 Å². The number of ether oxygens (including phenoxy) is 1.